The van der Waals surface area contributed by atoms with Crippen LogP contribution in [0.1, 0.15) is 24.7 Å². The zero-order chi connectivity index (χ0) is 14.7. The van der Waals surface area contributed by atoms with Crippen LogP contribution < -0.4 is 5.73 Å². The lowest BCUT2D eigenvalue weighted by Gasteiger charge is -2.04. The first kappa shape index (κ1) is 11.7. The molecular weight excluding hydrogens is 280 g/mol. The number of aromatic nitrogens is 5. The number of anilines is 1. The van der Waals surface area contributed by atoms with Crippen LogP contribution in [0.2, 0.25) is 0 Å². The standard InChI is InChI=1S/C15H12N6O/c16-13-12-11(14-19-15(22-20-14)8-5-6-8)17-7-21(12)10-4-2-1-3-9(10)18-13/h1-4,7-8H,5-6H2,(H2,16,18). The fourth-order valence-electron chi connectivity index (χ4n) is 2.71. The maximum absolute atomic E-state index is 6.13. The van der Waals surface area contributed by atoms with Crippen LogP contribution in [-0.2, 0) is 0 Å². The third-order valence-corrected chi connectivity index (χ3v) is 3.97. The maximum Gasteiger partial charge on any atom is 0.230 e. The van der Waals surface area contributed by atoms with Crippen molar-refractivity contribution >= 4 is 22.4 Å². The molecule has 0 amide bonds. The average molecular weight is 292 g/mol. The van der Waals surface area contributed by atoms with Gasteiger partial charge in [-0.05, 0) is 25.0 Å². The quantitative estimate of drug-likeness (QED) is 0.609. The van der Waals surface area contributed by atoms with E-state index in [0.717, 1.165) is 23.9 Å². The van der Waals surface area contributed by atoms with Gasteiger partial charge in [-0.25, -0.2) is 9.97 Å². The Morgan fingerprint density at radius 2 is 2.05 bits per heavy atom. The molecule has 1 saturated carbocycles. The first-order chi connectivity index (χ1) is 10.8. The van der Waals surface area contributed by atoms with Crippen LogP contribution in [0, 0.1) is 0 Å². The molecule has 0 radical (unpaired) electrons. The van der Waals surface area contributed by atoms with Gasteiger partial charge >= 0.3 is 0 Å². The van der Waals surface area contributed by atoms with Crippen molar-refractivity contribution < 1.29 is 4.52 Å². The van der Waals surface area contributed by atoms with Crippen LogP contribution in [-0.4, -0.2) is 24.5 Å². The predicted octanol–water partition coefficient (Wildman–Crippen LogP) is 2.39. The second-order valence-electron chi connectivity index (χ2n) is 5.53. The number of nitrogen functional groups attached to an aromatic ring is 1. The minimum absolute atomic E-state index is 0.406. The molecule has 5 rings (SSSR count). The van der Waals surface area contributed by atoms with Crippen molar-refractivity contribution in [2.24, 2.45) is 0 Å². The molecule has 1 aromatic carbocycles. The monoisotopic (exact) mass is 292 g/mol. The molecule has 108 valence electrons. The summed E-state index contributed by atoms with van der Waals surface area (Å²) in [6.45, 7) is 0. The largest absolute Gasteiger partial charge is 0.382 e. The van der Waals surface area contributed by atoms with Gasteiger partial charge in [0.2, 0.25) is 11.7 Å². The molecule has 0 spiro atoms. The SMILES string of the molecule is Nc1nc2ccccc2n2cnc(-c3noc(C4CC4)n3)c12. The maximum atomic E-state index is 6.13. The summed E-state index contributed by atoms with van der Waals surface area (Å²) < 4.78 is 7.23. The normalized spacial score (nSPS) is 14.9. The fraction of sp³-hybridized carbons (Fsp3) is 0.200. The highest BCUT2D eigenvalue weighted by atomic mass is 16.5. The van der Waals surface area contributed by atoms with Crippen molar-refractivity contribution in [2.75, 3.05) is 5.73 Å². The number of fused-ring (bicyclic) bond motifs is 3. The Balaban J connectivity index is 1.78. The van der Waals surface area contributed by atoms with Gasteiger partial charge in [-0.15, -0.1) is 0 Å². The fourth-order valence-corrected chi connectivity index (χ4v) is 2.71. The minimum atomic E-state index is 0.406. The Bertz CT molecular complexity index is 1010. The Hall–Kier alpha value is -2.96. The second-order valence-corrected chi connectivity index (χ2v) is 5.53. The zero-order valence-corrected chi connectivity index (χ0v) is 11.6. The Morgan fingerprint density at radius 1 is 1.18 bits per heavy atom. The highest BCUT2D eigenvalue weighted by Gasteiger charge is 2.30. The Labute approximate surface area is 124 Å². The first-order valence-corrected chi connectivity index (χ1v) is 7.16. The van der Waals surface area contributed by atoms with Crippen LogP contribution >= 0.6 is 0 Å². The summed E-state index contributed by atoms with van der Waals surface area (Å²) in [5.74, 6) is 1.96. The molecule has 1 fully saturated rings. The molecule has 1 aliphatic rings. The molecule has 4 aromatic rings. The summed E-state index contributed by atoms with van der Waals surface area (Å²) in [6, 6.07) is 7.79. The number of nitrogens with two attached hydrogens (primary N) is 1. The van der Waals surface area contributed by atoms with Gasteiger partial charge in [0, 0.05) is 5.92 Å². The summed E-state index contributed by atoms with van der Waals surface area (Å²) >= 11 is 0. The summed E-state index contributed by atoms with van der Waals surface area (Å²) in [5.41, 5.74) is 9.20. The van der Waals surface area contributed by atoms with E-state index in [4.69, 9.17) is 10.3 Å². The average Bonchev–Trinajstić information content (AvgIpc) is 3.10. The zero-order valence-electron chi connectivity index (χ0n) is 11.6. The third-order valence-electron chi connectivity index (χ3n) is 3.97. The molecule has 2 N–H and O–H groups in total. The lowest BCUT2D eigenvalue weighted by Crippen LogP contribution is -1.98. The van der Waals surface area contributed by atoms with Crippen molar-refractivity contribution in [1.82, 2.24) is 24.5 Å². The predicted molar refractivity (Wildman–Crippen MR) is 80.2 cm³/mol. The van der Waals surface area contributed by atoms with E-state index in [9.17, 15) is 0 Å². The summed E-state index contributed by atoms with van der Waals surface area (Å²) in [5, 5.41) is 4.05. The van der Waals surface area contributed by atoms with Crippen molar-refractivity contribution in [1.29, 1.82) is 0 Å². The molecule has 1 aliphatic carbocycles. The van der Waals surface area contributed by atoms with Gasteiger partial charge in [-0.2, -0.15) is 4.98 Å². The molecule has 22 heavy (non-hydrogen) atoms. The summed E-state index contributed by atoms with van der Waals surface area (Å²) in [6.07, 6.45) is 3.94. The van der Waals surface area contributed by atoms with Crippen molar-refractivity contribution in [3.8, 4) is 11.5 Å². The smallest absolute Gasteiger partial charge is 0.230 e. The van der Waals surface area contributed by atoms with Gasteiger partial charge in [-0.1, -0.05) is 17.3 Å². The first-order valence-electron chi connectivity index (χ1n) is 7.16. The molecule has 0 unspecified atom stereocenters. The van der Waals surface area contributed by atoms with Gasteiger partial charge in [0.15, 0.2) is 5.82 Å². The molecule has 3 aromatic heterocycles. The number of hydrogen-bond donors (Lipinski definition) is 1. The third kappa shape index (κ3) is 1.56. The topological polar surface area (TPSA) is 95.1 Å². The molecule has 7 nitrogen and oxygen atoms in total. The highest BCUT2D eigenvalue weighted by molar-refractivity contribution is 5.90. The van der Waals surface area contributed by atoms with E-state index in [1.165, 1.54) is 0 Å². The molecule has 0 aliphatic heterocycles. The van der Waals surface area contributed by atoms with Gasteiger partial charge < -0.3 is 10.3 Å². The van der Waals surface area contributed by atoms with Gasteiger partial charge in [-0.3, -0.25) is 4.40 Å². The Kier molecular flexibility index (Phi) is 2.14. The van der Waals surface area contributed by atoms with E-state index >= 15 is 0 Å². The number of para-hydroxylation sites is 2. The number of imidazole rings is 1. The van der Waals surface area contributed by atoms with E-state index in [0.29, 0.717) is 34.7 Å². The van der Waals surface area contributed by atoms with E-state index in [1.54, 1.807) is 6.33 Å². The van der Waals surface area contributed by atoms with Gasteiger partial charge in [0.1, 0.15) is 17.5 Å². The van der Waals surface area contributed by atoms with Crippen LogP contribution in [0.4, 0.5) is 5.82 Å². The second kappa shape index (κ2) is 4.03. The number of nitrogens with zero attached hydrogens (tertiary/aromatic N) is 5. The van der Waals surface area contributed by atoms with Crippen molar-refractivity contribution in [3.05, 3.63) is 36.5 Å². The molecule has 0 saturated heterocycles. The van der Waals surface area contributed by atoms with E-state index in [-0.39, 0.29) is 0 Å². The van der Waals surface area contributed by atoms with Gasteiger partial charge in [0.05, 0.1) is 11.0 Å². The lowest BCUT2D eigenvalue weighted by molar-refractivity contribution is 0.380. The van der Waals surface area contributed by atoms with E-state index in [2.05, 4.69) is 20.1 Å². The number of hydrogen-bond acceptors (Lipinski definition) is 6. The van der Waals surface area contributed by atoms with Crippen LogP contribution in [0.5, 0.6) is 0 Å². The highest BCUT2D eigenvalue weighted by Crippen LogP contribution is 2.39. The number of rotatable bonds is 2. The summed E-state index contributed by atoms with van der Waals surface area (Å²) in [7, 11) is 0. The molecule has 0 atom stereocenters. The molecule has 3 heterocycles. The number of benzene rings is 1. The summed E-state index contributed by atoms with van der Waals surface area (Å²) in [4.78, 5) is 13.3. The van der Waals surface area contributed by atoms with Gasteiger partial charge in [0.25, 0.3) is 0 Å². The molecule has 7 heteroatoms. The minimum Gasteiger partial charge on any atom is -0.382 e. The van der Waals surface area contributed by atoms with Crippen LogP contribution in [0.25, 0.3) is 28.1 Å². The van der Waals surface area contributed by atoms with E-state index in [1.807, 2.05) is 28.7 Å². The van der Waals surface area contributed by atoms with Crippen molar-refractivity contribution in [2.45, 2.75) is 18.8 Å². The van der Waals surface area contributed by atoms with E-state index < -0.39 is 0 Å². The molecular formula is C15H12N6O. The van der Waals surface area contributed by atoms with Crippen molar-refractivity contribution in [3.63, 3.8) is 0 Å². The molecule has 0 bridgehead atoms. The Morgan fingerprint density at radius 3 is 2.91 bits per heavy atom. The lowest BCUT2D eigenvalue weighted by atomic mass is 10.2. The van der Waals surface area contributed by atoms with Crippen LogP contribution in [0.3, 0.4) is 0 Å². The van der Waals surface area contributed by atoms with Crippen LogP contribution in [0.15, 0.2) is 35.1 Å².